The van der Waals surface area contributed by atoms with Gasteiger partial charge >= 0.3 is 0 Å². The quantitative estimate of drug-likeness (QED) is 0.824. The summed E-state index contributed by atoms with van der Waals surface area (Å²) in [6.45, 7) is 2.04. The van der Waals surface area contributed by atoms with Gasteiger partial charge in [0, 0.05) is 19.1 Å². The molecule has 1 aliphatic rings. The fourth-order valence-corrected chi connectivity index (χ4v) is 4.36. The van der Waals surface area contributed by atoms with Gasteiger partial charge in [-0.05, 0) is 55.6 Å². The summed E-state index contributed by atoms with van der Waals surface area (Å²) in [6, 6.07) is 15.4. The maximum atomic E-state index is 13.0. The Morgan fingerprint density at radius 2 is 1.80 bits per heavy atom. The van der Waals surface area contributed by atoms with Gasteiger partial charge < -0.3 is 0 Å². The summed E-state index contributed by atoms with van der Waals surface area (Å²) < 4.78 is 40.2. The number of hydrogen-bond acceptors (Lipinski definition) is 3. The van der Waals surface area contributed by atoms with Crippen LogP contribution >= 0.6 is 0 Å². The van der Waals surface area contributed by atoms with Crippen molar-refractivity contribution in [1.82, 2.24) is 9.62 Å². The van der Waals surface area contributed by atoms with E-state index >= 15 is 0 Å². The Balaban J connectivity index is 1.53. The molecule has 1 fully saturated rings. The van der Waals surface area contributed by atoms with Crippen LogP contribution in [0.2, 0.25) is 0 Å². The molecule has 0 radical (unpaired) electrons. The van der Waals surface area contributed by atoms with Crippen LogP contribution in [-0.2, 0) is 16.4 Å². The first-order valence-electron chi connectivity index (χ1n) is 8.58. The number of nitrogens with zero attached hydrogens (tertiary/aromatic N) is 1. The molecule has 1 saturated heterocycles. The lowest BCUT2D eigenvalue weighted by molar-refractivity contribution is 0.257. The highest BCUT2D eigenvalue weighted by Crippen LogP contribution is 2.21. The number of rotatable bonds is 7. The predicted octanol–water partition coefficient (Wildman–Crippen LogP) is 2.81. The van der Waals surface area contributed by atoms with E-state index in [9.17, 15) is 12.8 Å². The van der Waals surface area contributed by atoms with E-state index < -0.39 is 10.0 Å². The van der Waals surface area contributed by atoms with Crippen molar-refractivity contribution in [2.24, 2.45) is 0 Å². The van der Waals surface area contributed by atoms with Gasteiger partial charge in [-0.2, -0.15) is 0 Å². The van der Waals surface area contributed by atoms with Gasteiger partial charge in [-0.1, -0.05) is 30.3 Å². The number of nitrogens with one attached hydrogen (secondary N) is 1. The minimum atomic E-state index is -3.45. The zero-order valence-corrected chi connectivity index (χ0v) is 14.9. The third-order valence-corrected chi connectivity index (χ3v) is 6.11. The average Bonchev–Trinajstić information content (AvgIpc) is 3.05. The Morgan fingerprint density at radius 1 is 1.08 bits per heavy atom. The van der Waals surface area contributed by atoms with E-state index in [-0.39, 0.29) is 5.82 Å². The molecular formula is C19H23FN2O2S. The van der Waals surface area contributed by atoms with Crippen LogP contribution in [0, 0.1) is 5.82 Å². The summed E-state index contributed by atoms with van der Waals surface area (Å²) in [6.07, 6.45) is 3.06. The fourth-order valence-electron chi connectivity index (χ4n) is 3.32. The number of halogens is 1. The molecule has 0 aliphatic carbocycles. The van der Waals surface area contributed by atoms with Gasteiger partial charge in [0.2, 0.25) is 10.0 Å². The molecule has 0 bridgehead atoms. The largest absolute Gasteiger partial charge is 0.299 e. The minimum absolute atomic E-state index is 0.220. The van der Waals surface area contributed by atoms with Gasteiger partial charge in [0.25, 0.3) is 0 Å². The van der Waals surface area contributed by atoms with E-state index in [1.54, 1.807) is 30.3 Å². The summed E-state index contributed by atoms with van der Waals surface area (Å²) in [5.74, 6) is -0.220. The van der Waals surface area contributed by atoms with E-state index in [0.29, 0.717) is 24.0 Å². The van der Waals surface area contributed by atoms with Crippen molar-refractivity contribution in [1.29, 1.82) is 0 Å². The first kappa shape index (κ1) is 18.0. The van der Waals surface area contributed by atoms with Crippen molar-refractivity contribution >= 4 is 10.0 Å². The zero-order chi connectivity index (χ0) is 17.7. The molecular weight excluding hydrogens is 339 g/mol. The van der Waals surface area contributed by atoms with Crippen molar-refractivity contribution in [2.75, 3.05) is 19.6 Å². The number of sulfonamides is 1. The molecule has 1 heterocycles. The van der Waals surface area contributed by atoms with Crippen LogP contribution in [-0.4, -0.2) is 39.0 Å². The van der Waals surface area contributed by atoms with Crippen molar-refractivity contribution in [3.05, 3.63) is 66.0 Å². The highest BCUT2D eigenvalue weighted by Gasteiger charge is 2.24. The Kier molecular flexibility index (Phi) is 5.83. The SMILES string of the molecule is O=S(=O)(NCCN1CCC[C@H]1Cc1ccc(F)cc1)c1ccccc1. The monoisotopic (exact) mass is 362 g/mol. The predicted molar refractivity (Wildman–Crippen MR) is 96.3 cm³/mol. The second kappa shape index (κ2) is 8.08. The molecule has 0 spiro atoms. The Labute approximate surface area is 148 Å². The van der Waals surface area contributed by atoms with Crippen molar-refractivity contribution in [2.45, 2.75) is 30.2 Å². The van der Waals surface area contributed by atoms with Crippen LogP contribution in [0.15, 0.2) is 59.5 Å². The minimum Gasteiger partial charge on any atom is -0.299 e. The molecule has 0 unspecified atom stereocenters. The molecule has 1 atom stereocenters. The summed E-state index contributed by atoms with van der Waals surface area (Å²) in [5, 5.41) is 0. The molecule has 3 rings (SSSR count). The Bertz CT molecular complexity index is 779. The van der Waals surface area contributed by atoms with Crippen LogP contribution in [0.4, 0.5) is 4.39 Å². The van der Waals surface area contributed by atoms with Gasteiger partial charge in [0.05, 0.1) is 4.90 Å². The van der Waals surface area contributed by atoms with Gasteiger partial charge in [0.1, 0.15) is 5.82 Å². The molecule has 0 saturated carbocycles. The van der Waals surface area contributed by atoms with Crippen LogP contribution in [0.25, 0.3) is 0 Å². The van der Waals surface area contributed by atoms with E-state index in [1.165, 1.54) is 12.1 Å². The number of benzene rings is 2. The van der Waals surface area contributed by atoms with Crippen LogP contribution < -0.4 is 4.72 Å². The third-order valence-electron chi connectivity index (χ3n) is 4.63. The van der Waals surface area contributed by atoms with E-state index in [1.807, 2.05) is 12.1 Å². The molecule has 2 aromatic carbocycles. The van der Waals surface area contributed by atoms with Crippen LogP contribution in [0.3, 0.4) is 0 Å². The molecule has 6 heteroatoms. The molecule has 4 nitrogen and oxygen atoms in total. The van der Waals surface area contributed by atoms with Gasteiger partial charge in [-0.25, -0.2) is 17.5 Å². The molecule has 2 aromatic rings. The van der Waals surface area contributed by atoms with Crippen LogP contribution in [0.5, 0.6) is 0 Å². The van der Waals surface area contributed by atoms with Gasteiger partial charge in [-0.3, -0.25) is 4.90 Å². The maximum Gasteiger partial charge on any atom is 0.240 e. The average molecular weight is 362 g/mol. The third kappa shape index (κ3) is 4.87. The second-order valence-electron chi connectivity index (χ2n) is 6.37. The lowest BCUT2D eigenvalue weighted by atomic mass is 10.0. The van der Waals surface area contributed by atoms with E-state index in [0.717, 1.165) is 31.4 Å². The highest BCUT2D eigenvalue weighted by molar-refractivity contribution is 7.89. The first-order chi connectivity index (χ1) is 12.0. The van der Waals surface area contributed by atoms with Gasteiger partial charge in [0.15, 0.2) is 0 Å². The first-order valence-corrected chi connectivity index (χ1v) is 10.1. The molecule has 0 amide bonds. The lowest BCUT2D eigenvalue weighted by Gasteiger charge is -2.24. The topological polar surface area (TPSA) is 49.4 Å². The summed E-state index contributed by atoms with van der Waals surface area (Å²) in [5.41, 5.74) is 1.11. The Morgan fingerprint density at radius 3 is 2.52 bits per heavy atom. The number of likely N-dealkylation sites (tertiary alicyclic amines) is 1. The lowest BCUT2D eigenvalue weighted by Crippen LogP contribution is -2.38. The van der Waals surface area contributed by atoms with E-state index in [2.05, 4.69) is 9.62 Å². The van der Waals surface area contributed by atoms with E-state index in [4.69, 9.17) is 0 Å². The van der Waals surface area contributed by atoms with Crippen LogP contribution in [0.1, 0.15) is 18.4 Å². The maximum absolute atomic E-state index is 13.0. The second-order valence-corrected chi connectivity index (χ2v) is 8.14. The standard InChI is InChI=1S/C19H23FN2O2S/c20-17-10-8-16(9-11-17)15-18-5-4-13-22(18)14-12-21-25(23,24)19-6-2-1-3-7-19/h1-3,6-11,18,21H,4-5,12-15H2/t18-/m0/s1. The smallest absolute Gasteiger partial charge is 0.240 e. The summed E-state index contributed by atoms with van der Waals surface area (Å²) in [7, 11) is -3.45. The van der Waals surface area contributed by atoms with Gasteiger partial charge in [-0.15, -0.1) is 0 Å². The van der Waals surface area contributed by atoms with Crippen molar-refractivity contribution in [3.8, 4) is 0 Å². The van der Waals surface area contributed by atoms with Crippen molar-refractivity contribution < 1.29 is 12.8 Å². The fraction of sp³-hybridized carbons (Fsp3) is 0.368. The zero-order valence-electron chi connectivity index (χ0n) is 14.1. The number of hydrogen-bond donors (Lipinski definition) is 1. The summed E-state index contributed by atoms with van der Waals surface area (Å²) >= 11 is 0. The molecule has 1 N–H and O–H groups in total. The highest BCUT2D eigenvalue weighted by atomic mass is 32.2. The molecule has 1 aliphatic heterocycles. The summed E-state index contributed by atoms with van der Waals surface area (Å²) in [4.78, 5) is 2.61. The molecule has 134 valence electrons. The van der Waals surface area contributed by atoms with Crippen molar-refractivity contribution in [3.63, 3.8) is 0 Å². The molecule has 0 aromatic heterocycles. The normalized spacial score (nSPS) is 18.5. The Hall–Kier alpha value is -1.76. The molecule has 25 heavy (non-hydrogen) atoms.